The van der Waals surface area contributed by atoms with Crippen molar-refractivity contribution in [1.29, 1.82) is 0 Å². The SMILES string of the molecule is CCN(CC)c1cnn(CCCCCCCl)c(=O)c1. The van der Waals surface area contributed by atoms with Gasteiger partial charge in [0.15, 0.2) is 0 Å². The topological polar surface area (TPSA) is 38.1 Å². The van der Waals surface area contributed by atoms with Crippen LogP contribution in [0.25, 0.3) is 0 Å². The van der Waals surface area contributed by atoms with E-state index < -0.39 is 0 Å². The zero-order valence-electron chi connectivity index (χ0n) is 11.9. The van der Waals surface area contributed by atoms with Crippen molar-refractivity contribution in [3.05, 3.63) is 22.6 Å². The Kier molecular flexibility index (Phi) is 7.56. The third-order valence-electron chi connectivity index (χ3n) is 3.24. The second kappa shape index (κ2) is 8.97. The highest BCUT2D eigenvalue weighted by molar-refractivity contribution is 6.17. The average molecular weight is 286 g/mol. The minimum Gasteiger partial charge on any atom is -0.371 e. The van der Waals surface area contributed by atoms with Crippen LogP contribution in [-0.4, -0.2) is 28.8 Å². The molecule has 1 aromatic heterocycles. The maximum Gasteiger partial charge on any atom is 0.268 e. The van der Waals surface area contributed by atoms with Crippen molar-refractivity contribution in [2.24, 2.45) is 0 Å². The summed E-state index contributed by atoms with van der Waals surface area (Å²) in [5, 5.41) is 4.25. The predicted molar refractivity (Wildman–Crippen MR) is 81.2 cm³/mol. The van der Waals surface area contributed by atoms with E-state index in [4.69, 9.17) is 11.6 Å². The molecule has 0 saturated carbocycles. The fraction of sp³-hybridized carbons (Fsp3) is 0.714. The highest BCUT2D eigenvalue weighted by Crippen LogP contribution is 2.08. The van der Waals surface area contributed by atoms with Gasteiger partial charge in [0, 0.05) is 31.6 Å². The van der Waals surface area contributed by atoms with E-state index in [1.165, 1.54) is 0 Å². The minimum atomic E-state index is -0.0123. The van der Waals surface area contributed by atoms with Crippen molar-refractivity contribution in [3.8, 4) is 0 Å². The van der Waals surface area contributed by atoms with Gasteiger partial charge in [0.1, 0.15) is 0 Å². The Morgan fingerprint density at radius 3 is 2.47 bits per heavy atom. The van der Waals surface area contributed by atoms with Crippen molar-refractivity contribution in [3.63, 3.8) is 0 Å². The summed E-state index contributed by atoms with van der Waals surface area (Å²) in [6, 6.07) is 1.68. The Morgan fingerprint density at radius 1 is 1.21 bits per heavy atom. The van der Waals surface area contributed by atoms with E-state index in [1.807, 2.05) is 0 Å². The van der Waals surface area contributed by atoms with Crippen molar-refractivity contribution in [2.45, 2.75) is 46.1 Å². The third kappa shape index (κ3) is 5.23. The Hall–Kier alpha value is -1.03. The van der Waals surface area contributed by atoms with Crippen LogP contribution in [0.4, 0.5) is 5.69 Å². The molecule has 0 spiro atoms. The van der Waals surface area contributed by atoms with Crippen LogP contribution in [0.3, 0.4) is 0 Å². The van der Waals surface area contributed by atoms with Gasteiger partial charge in [0.2, 0.25) is 0 Å². The second-order valence-corrected chi connectivity index (χ2v) is 4.93. The Labute approximate surface area is 120 Å². The van der Waals surface area contributed by atoms with Crippen LogP contribution < -0.4 is 10.5 Å². The molecule has 0 N–H and O–H groups in total. The molecule has 0 unspecified atom stereocenters. The molecule has 0 atom stereocenters. The minimum absolute atomic E-state index is 0.0123. The molecule has 19 heavy (non-hydrogen) atoms. The lowest BCUT2D eigenvalue weighted by atomic mass is 10.2. The molecule has 0 saturated heterocycles. The van der Waals surface area contributed by atoms with Crippen LogP contribution >= 0.6 is 11.6 Å². The van der Waals surface area contributed by atoms with Gasteiger partial charge in [-0.2, -0.15) is 5.10 Å². The van der Waals surface area contributed by atoms with Crippen molar-refractivity contribution >= 4 is 17.3 Å². The van der Waals surface area contributed by atoms with E-state index in [9.17, 15) is 4.79 Å². The number of unbranched alkanes of at least 4 members (excludes halogenated alkanes) is 3. The van der Waals surface area contributed by atoms with Gasteiger partial charge in [-0.15, -0.1) is 11.6 Å². The summed E-state index contributed by atoms with van der Waals surface area (Å²) in [5.41, 5.74) is 0.898. The predicted octanol–water partition coefficient (Wildman–Crippen LogP) is 2.89. The van der Waals surface area contributed by atoms with Crippen LogP contribution in [0.1, 0.15) is 39.5 Å². The molecule has 108 valence electrons. The molecular weight excluding hydrogens is 262 g/mol. The lowest BCUT2D eigenvalue weighted by Gasteiger charge is -2.20. The number of anilines is 1. The van der Waals surface area contributed by atoms with E-state index in [1.54, 1.807) is 16.9 Å². The van der Waals surface area contributed by atoms with Gasteiger partial charge in [-0.1, -0.05) is 12.8 Å². The Morgan fingerprint density at radius 2 is 1.89 bits per heavy atom. The zero-order valence-corrected chi connectivity index (χ0v) is 12.7. The second-order valence-electron chi connectivity index (χ2n) is 4.55. The molecule has 0 aliphatic heterocycles. The van der Waals surface area contributed by atoms with Crippen LogP contribution in [0.5, 0.6) is 0 Å². The Bertz CT molecular complexity index is 415. The number of aryl methyl sites for hydroxylation is 1. The lowest BCUT2D eigenvalue weighted by Crippen LogP contribution is -2.27. The molecule has 0 aliphatic carbocycles. The summed E-state index contributed by atoms with van der Waals surface area (Å²) < 4.78 is 1.55. The highest BCUT2D eigenvalue weighted by Gasteiger charge is 2.05. The zero-order chi connectivity index (χ0) is 14.1. The largest absolute Gasteiger partial charge is 0.371 e. The molecule has 0 amide bonds. The summed E-state index contributed by atoms with van der Waals surface area (Å²) >= 11 is 5.62. The van der Waals surface area contributed by atoms with E-state index in [0.717, 1.165) is 50.3 Å². The first kappa shape index (κ1) is 16.0. The standard InChI is InChI=1S/C14H24ClN3O/c1-3-17(4-2)13-11-14(19)18(16-12-13)10-8-6-5-7-9-15/h11-12H,3-10H2,1-2H3. The molecule has 0 radical (unpaired) electrons. The normalized spacial score (nSPS) is 10.7. The van der Waals surface area contributed by atoms with Crippen molar-refractivity contribution in [1.82, 2.24) is 9.78 Å². The molecule has 0 aromatic carbocycles. The molecule has 0 bridgehead atoms. The lowest BCUT2D eigenvalue weighted by molar-refractivity contribution is 0.519. The summed E-state index contributed by atoms with van der Waals surface area (Å²) in [6.07, 6.45) is 6.03. The summed E-state index contributed by atoms with van der Waals surface area (Å²) in [6.45, 7) is 6.62. The average Bonchev–Trinajstić information content (AvgIpc) is 2.42. The first-order chi connectivity index (χ1) is 9.22. The van der Waals surface area contributed by atoms with Crippen LogP contribution in [0, 0.1) is 0 Å². The number of nitrogens with zero attached hydrogens (tertiary/aromatic N) is 3. The molecule has 5 heteroatoms. The number of aromatic nitrogens is 2. The van der Waals surface area contributed by atoms with Gasteiger partial charge >= 0.3 is 0 Å². The van der Waals surface area contributed by atoms with Gasteiger partial charge in [-0.25, -0.2) is 4.68 Å². The molecule has 1 aromatic rings. The maximum absolute atomic E-state index is 11.9. The first-order valence-corrected chi connectivity index (χ1v) is 7.64. The van der Waals surface area contributed by atoms with Gasteiger partial charge < -0.3 is 4.90 Å². The monoisotopic (exact) mass is 285 g/mol. The number of hydrogen-bond donors (Lipinski definition) is 0. The van der Waals surface area contributed by atoms with Crippen LogP contribution in [0.15, 0.2) is 17.1 Å². The van der Waals surface area contributed by atoms with Gasteiger partial charge in [-0.05, 0) is 26.7 Å². The van der Waals surface area contributed by atoms with Crippen LogP contribution in [-0.2, 0) is 6.54 Å². The third-order valence-corrected chi connectivity index (χ3v) is 3.50. The van der Waals surface area contributed by atoms with E-state index >= 15 is 0 Å². The molecule has 1 rings (SSSR count). The first-order valence-electron chi connectivity index (χ1n) is 7.11. The fourth-order valence-electron chi connectivity index (χ4n) is 2.06. The quantitative estimate of drug-likeness (QED) is 0.517. The van der Waals surface area contributed by atoms with E-state index in [-0.39, 0.29) is 5.56 Å². The summed E-state index contributed by atoms with van der Waals surface area (Å²) in [4.78, 5) is 14.1. The summed E-state index contributed by atoms with van der Waals surface area (Å²) in [5.74, 6) is 0.719. The number of rotatable bonds is 9. The smallest absolute Gasteiger partial charge is 0.268 e. The number of halogens is 1. The molecule has 0 aliphatic rings. The molecular formula is C14H24ClN3O. The van der Waals surface area contributed by atoms with Crippen LogP contribution in [0.2, 0.25) is 0 Å². The Balaban J connectivity index is 2.55. The van der Waals surface area contributed by atoms with Crippen molar-refractivity contribution < 1.29 is 0 Å². The van der Waals surface area contributed by atoms with Crippen molar-refractivity contribution in [2.75, 3.05) is 23.9 Å². The van der Waals surface area contributed by atoms with E-state index in [2.05, 4.69) is 23.8 Å². The van der Waals surface area contributed by atoms with E-state index in [0.29, 0.717) is 6.54 Å². The molecule has 0 fully saturated rings. The molecule has 1 heterocycles. The number of alkyl halides is 1. The van der Waals surface area contributed by atoms with Gasteiger partial charge in [-0.3, -0.25) is 4.79 Å². The maximum atomic E-state index is 11.9. The highest BCUT2D eigenvalue weighted by atomic mass is 35.5. The summed E-state index contributed by atoms with van der Waals surface area (Å²) in [7, 11) is 0. The fourth-order valence-corrected chi connectivity index (χ4v) is 2.25. The molecule has 4 nitrogen and oxygen atoms in total. The number of hydrogen-bond acceptors (Lipinski definition) is 3. The van der Waals surface area contributed by atoms with Gasteiger partial charge in [0.05, 0.1) is 11.9 Å². The van der Waals surface area contributed by atoms with Gasteiger partial charge in [0.25, 0.3) is 5.56 Å².